The number of fused-ring (bicyclic) bond motifs is 1. The number of alkyl halides is 1. The molecule has 1 heterocycles. The number of benzene rings is 3. The second kappa shape index (κ2) is 12.1. The molecular weight excluding hydrogens is 510 g/mol. The van der Waals surface area contributed by atoms with E-state index in [0.29, 0.717) is 31.2 Å². The van der Waals surface area contributed by atoms with Gasteiger partial charge in [0.2, 0.25) is 0 Å². The van der Waals surface area contributed by atoms with E-state index in [1.807, 2.05) is 24.3 Å². The van der Waals surface area contributed by atoms with Gasteiger partial charge in [-0.25, -0.2) is 8.78 Å². The summed E-state index contributed by atoms with van der Waals surface area (Å²) in [5.41, 5.74) is 4.64. The standard InChI is InChI=1S/C31H31F4NO3/c1-37-31-28(33)17-22(18-29(31)34)26-5-2-4-21-16-24(39-35)10-11-27(21)30(26)20-6-8-23(9-7-20)38-25-12-15-36(19-25)14-3-13-32/h6-11,16-18,25H,2-5,12-15,19H2,1H3/t25-/m0/s1. The minimum absolute atomic E-state index is 0.0354. The minimum atomic E-state index is -0.772. The zero-order chi connectivity index (χ0) is 27.4. The van der Waals surface area contributed by atoms with Crippen molar-refractivity contribution in [3.63, 3.8) is 0 Å². The molecule has 8 heteroatoms. The molecule has 5 rings (SSSR count). The molecular formula is C31H31F4NO3. The summed E-state index contributed by atoms with van der Waals surface area (Å²) >= 11 is 0. The molecule has 206 valence electrons. The molecule has 0 spiro atoms. The van der Waals surface area contributed by atoms with Gasteiger partial charge in [0, 0.05) is 24.2 Å². The normalized spacial score (nSPS) is 17.6. The number of hydrogen-bond donors (Lipinski definition) is 0. The van der Waals surface area contributed by atoms with Crippen molar-refractivity contribution in [3.05, 3.63) is 88.5 Å². The Kier molecular flexibility index (Phi) is 8.41. The Balaban J connectivity index is 1.52. The lowest BCUT2D eigenvalue weighted by atomic mass is 9.87. The van der Waals surface area contributed by atoms with E-state index in [0.717, 1.165) is 59.6 Å². The van der Waals surface area contributed by atoms with Crippen molar-refractivity contribution in [1.29, 1.82) is 0 Å². The van der Waals surface area contributed by atoms with Crippen LogP contribution in [-0.4, -0.2) is 44.4 Å². The number of likely N-dealkylation sites (tertiary alicyclic amines) is 1. The summed E-state index contributed by atoms with van der Waals surface area (Å²) in [7, 11) is 1.23. The van der Waals surface area contributed by atoms with Crippen molar-refractivity contribution in [3.8, 4) is 17.2 Å². The Morgan fingerprint density at radius 3 is 2.36 bits per heavy atom. The van der Waals surface area contributed by atoms with Gasteiger partial charge in [0.1, 0.15) is 11.9 Å². The third-order valence-corrected chi connectivity index (χ3v) is 7.44. The van der Waals surface area contributed by atoms with Crippen LogP contribution in [0.2, 0.25) is 0 Å². The molecule has 3 aromatic carbocycles. The molecule has 39 heavy (non-hydrogen) atoms. The van der Waals surface area contributed by atoms with Crippen LogP contribution in [0.3, 0.4) is 0 Å². The van der Waals surface area contributed by atoms with Gasteiger partial charge in [0.05, 0.1) is 13.8 Å². The number of aryl methyl sites for hydroxylation is 1. The predicted molar refractivity (Wildman–Crippen MR) is 142 cm³/mol. The first-order valence-electron chi connectivity index (χ1n) is 13.2. The lowest BCUT2D eigenvalue weighted by Gasteiger charge is -2.19. The van der Waals surface area contributed by atoms with Gasteiger partial charge in [0.25, 0.3) is 0 Å². The molecule has 1 fully saturated rings. The summed E-state index contributed by atoms with van der Waals surface area (Å²) in [6.07, 6.45) is 3.37. The lowest BCUT2D eigenvalue weighted by molar-refractivity contribution is -0.00629. The van der Waals surface area contributed by atoms with Crippen molar-refractivity contribution in [2.75, 3.05) is 33.4 Å². The molecule has 0 amide bonds. The first kappa shape index (κ1) is 27.1. The quantitative estimate of drug-likeness (QED) is 0.265. The topological polar surface area (TPSA) is 30.9 Å². The van der Waals surface area contributed by atoms with Crippen LogP contribution < -0.4 is 14.4 Å². The molecule has 0 bridgehead atoms. The zero-order valence-corrected chi connectivity index (χ0v) is 21.8. The second-order valence-corrected chi connectivity index (χ2v) is 9.97. The van der Waals surface area contributed by atoms with Crippen molar-refractivity contribution >= 4 is 11.1 Å². The van der Waals surface area contributed by atoms with E-state index in [1.165, 1.54) is 19.2 Å². The van der Waals surface area contributed by atoms with Crippen LogP contribution in [-0.2, 0) is 6.42 Å². The number of halogens is 4. The van der Waals surface area contributed by atoms with E-state index < -0.39 is 17.4 Å². The summed E-state index contributed by atoms with van der Waals surface area (Å²) in [5.74, 6) is -1.14. The van der Waals surface area contributed by atoms with Crippen LogP contribution in [0.1, 0.15) is 47.9 Å². The van der Waals surface area contributed by atoms with Gasteiger partial charge in [-0.3, -0.25) is 14.2 Å². The highest BCUT2D eigenvalue weighted by atomic mass is 19.3. The van der Waals surface area contributed by atoms with Gasteiger partial charge in [-0.2, -0.15) is 0 Å². The van der Waals surface area contributed by atoms with Crippen LogP contribution in [0, 0.1) is 11.6 Å². The maximum Gasteiger partial charge on any atom is 0.190 e. The molecule has 1 aliphatic heterocycles. The number of ether oxygens (including phenoxy) is 2. The molecule has 0 N–H and O–H groups in total. The fraction of sp³-hybridized carbons (Fsp3) is 0.355. The maximum absolute atomic E-state index is 14.8. The Hall–Kier alpha value is -3.52. The molecule has 0 saturated carbocycles. The lowest BCUT2D eigenvalue weighted by Crippen LogP contribution is -2.26. The molecule has 0 aromatic heterocycles. The van der Waals surface area contributed by atoms with Gasteiger partial charge >= 0.3 is 0 Å². The Bertz CT molecular complexity index is 1320. The smallest absolute Gasteiger partial charge is 0.190 e. The molecule has 3 aromatic rings. The highest BCUT2D eigenvalue weighted by molar-refractivity contribution is 6.00. The van der Waals surface area contributed by atoms with Gasteiger partial charge in [-0.05, 0) is 102 Å². The molecule has 1 aliphatic carbocycles. The zero-order valence-electron chi connectivity index (χ0n) is 21.8. The van der Waals surface area contributed by atoms with Crippen LogP contribution in [0.15, 0.2) is 54.6 Å². The van der Waals surface area contributed by atoms with Gasteiger partial charge in [0.15, 0.2) is 23.1 Å². The number of allylic oxidation sites excluding steroid dienone is 1. The largest absolute Gasteiger partial charge is 0.491 e. The van der Waals surface area contributed by atoms with E-state index >= 15 is 0 Å². The Morgan fingerprint density at radius 2 is 1.67 bits per heavy atom. The summed E-state index contributed by atoms with van der Waals surface area (Å²) < 4.78 is 66.1. The summed E-state index contributed by atoms with van der Waals surface area (Å²) in [6, 6.07) is 15.3. The second-order valence-electron chi connectivity index (χ2n) is 9.97. The van der Waals surface area contributed by atoms with Crippen LogP contribution in [0.4, 0.5) is 17.7 Å². The highest BCUT2D eigenvalue weighted by Gasteiger charge is 2.25. The highest BCUT2D eigenvalue weighted by Crippen LogP contribution is 2.42. The summed E-state index contributed by atoms with van der Waals surface area (Å²) in [5, 5.41) is 0. The number of nitrogens with zero attached hydrogens (tertiary/aromatic N) is 1. The Labute approximate surface area is 225 Å². The van der Waals surface area contributed by atoms with Gasteiger partial charge < -0.3 is 9.47 Å². The van der Waals surface area contributed by atoms with Gasteiger partial charge in [-0.15, -0.1) is 0 Å². The van der Waals surface area contributed by atoms with Crippen molar-refractivity contribution in [2.45, 2.75) is 38.2 Å². The van der Waals surface area contributed by atoms with Crippen molar-refractivity contribution in [1.82, 2.24) is 4.90 Å². The monoisotopic (exact) mass is 541 g/mol. The third-order valence-electron chi connectivity index (χ3n) is 7.44. The molecule has 1 saturated heterocycles. The van der Waals surface area contributed by atoms with Crippen LogP contribution in [0.5, 0.6) is 17.2 Å². The SMILES string of the molecule is COc1c(F)cc(C2=C(c3ccc(O[C@H]4CCN(CCCF)C4)cc3)c3ccc(OF)cc3CCC2)cc1F. The average Bonchev–Trinajstić information content (AvgIpc) is 3.30. The van der Waals surface area contributed by atoms with Crippen molar-refractivity contribution in [2.24, 2.45) is 0 Å². The maximum atomic E-state index is 14.8. The summed E-state index contributed by atoms with van der Waals surface area (Å²) in [4.78, 5) is 6.18. The van der Waals surface area contributed by atoms with Crippen LogP contribution in [0.25, 0.3) is 11.1 Å². The molecule has 1 atom stereocenters. The minimum Gasteiger partial charge on any atom is -0.491 e. The van der Waals surface area contributed by atoms with E-state index in [2.05, 4.69) is 9.84 Å². The van der Waals surface area contributed by atoms with E-state index in [4.69, 9.17) is 9.47 Å². The molecule has 2 aliphatic rings. The van der Waals surface area contributed by atoms with Crippen LogP contribution >= 0.6 is 0 Å². The van der Waals surface area contributed by atoms with Gasteiger partial charge in [-0.1, -0.05) is 18.2 Å². The number of hydrogen-bond acceptors (Lipinski definition) is 4. The van der Waals surface area contributed by atoms with Crippen molar-refractivity contribution < 1.29 is 32.1 Å². The van der Waals surface area contributed by atoms with E-state index in [-0.39, 0.29) is 18.5 Å². The molecule has 0 radical (unpaired) electrons. The molecule has 0 unspecified atom stereocenters. The number of rotatable bonds is 9. The average molecular weight is 542 g/mol. The predicted octanol–water partition coefficient (Wildman–Crippen LogP) is 7.34. The third kappa shape index (κ3) is 5.91. The van der Waals surface area contributed by atoms with E-state index in [9.17, 15) is 17.7 Å². The first-order chi connectivity index (χ1) is 19.0. The molecule has 4 nitrogen and oxygen atoms in total. The summed E-state index contributed by atoms with van der Waals surface area (Å²) in [6.45, 7) is 2.06. The van der Waals surface area contributed by atoms with E-state index in [1.54, 1.807) is 18.2 Å². The first-order valence-corrected chi connectivity index (χ1v) is 13.2. The number of methoxy groups -OCH3 is 1. The fourth-order valence-electron chi connectivity index (χ4n) is 5.63. The Morgan fingerprint density at radius 1 is 0.923 bits per heavy atom. The fourth-order valence-corrected chi connectivity index (χ4v) is 5.63.